The van der Waals surface area contributed by atoms with Crippen molar-refractivity contribution in [1.29, 1.82) is 0 Å². The van der Waals surface area contributed by atoms with Crippen LogP contribution in [0.3, 0.4) is 0 Å². The molecular weight excluding hydrogens is 258 g/mol. The summed E-state index contributed by atoms with van der Waals surface area (Å²) in [6.07, 6.45) is 0. The number of ether oxygens (including phenoxy) is 1. The number of benzene rings is 1. The predicted octanol–water partition coefficient (Wildman–Crippen LogP) is 1.77. The molecule has 0 saturated heterocycles. The quantitative estimate of drug-likeness (QED) is 0.737. The number of hydrogen-bond donors (Lipinski definition) is 3. The second-order valence-corrected chi connectivity index (χ2v) is 4.61. The van der Waals surface area contributed by atoms with E-state index >= 15 is 0 Å². The number of H-pyrrole nitrogens is 1. The van der Waals surface area contributed by atoms with Crippen LogP contribution in [-0.4, -0.2) is 28.2 Å². The first-order chi connectivity index (χ1) is 9.51. The SMILES string of the molecule is COc1ccc(NC(=O)c2n[nH]c(C(C)C)n2)cc1N. The smallest absolute Gasteiger partial charge is 0.295 e. The van der Waals surface area contributed by atoms with E-state index in [9.17, 15) is 4.79 Å². The molecule has 1 heterocycles. The summed E-state index contributed by atoms with van der Waals surface area (Å²) < 4.78 is 5.05. The normalized spacial score (nSPS) is 10.6. The molecule has 4 N–H and O–H groups in total. The van der Waals surface area contributed by atoms with Crippen molar-refractivity contribution in [1.82, 2.24) is 15.2 Å². The molecule has 7 nitrogen and oxygen atoms in total. The first kappa shape index (κ1) is 13.9. The summed E-state index contributed by atoms with van der Waals surface area (Å²) in [5.41, 5.74) is 6.78. The van der Waals surface area contributed by atoms with E-state index < -0.39 is 5.91 Å². The number of hydrogen-bond acceptors (Lipinski definition) is 5. The minimum atomic E-state index is -0.391. The van der Waals surface area contributed by atoms with Gasteiger partial charge in [-0.15, -0.1) is 5.10 Å². The zero-order valence-electron chi connectivity index (χ0n) is 11.6. The van der Waals surface area contributed by atoms with E-state index in [1.165, 1.54) is 7.11 Å². The number of aromatic nitrogens is 3. The van der Waals surface area contributed by atoms with Crippen molar-refractivity contribution in [3.63, 3.8) is 0 Å². The monoisotopic (exact) mass is 275 g/mol. The van der Waals surface area contributed by atoms with Crippen molar-refractivity contribution >= 4 is 17.3 Å². The lowest BCUT2D eigenvalue weighted by atomic mass is 10.2. The van der Waals surface area contributed by atoms with Gasteiger partial charge in [0.25, 0.3) is 5.91 Å². The average Bonchev–Trinajstić information content (AvgIpc) is 2.88. The molecule has 0 radical (unpaired) electrons. The van der Waals surface area contributed by atoms with Crippen LogP contribution in [0, 0.1) is 0 Å². The second kappa shape index (κ2) is 5.60. The Morgan fingerprint density at radius 3 is 2.75 bits per heavy atom. The van der Waals surface area contributed by atoms with Crippen LogP contribution < -0.4 is 15.8 Å². The van der Waals surface area contributed by atoms with Gasteiger partial charge in [-0.1, -0.05) is 13.8 Å². The molecule has 7 heteroatoms. The van der Waals surface area contributed by atoms with E-state index in [4.69, 9.17) is 10.5 Å². The molecule has 0 fully saturated rings. The van der Waals surface area contributed by atoms with Crippen LogP contribution in [0.25, 0.3) is 0 Å². The summed E-state index contributed by atoms with van der Waals surface area (Å²) in [6, 6.07) is 5.00. The van der Waals surface area contributed by atoms with Gasteiger partial charge in [0.05, 0.1) is 12.8 Å². The van der Waals surface area contributed by atoms with Gasteiger partial charge in [0, 0.05) is 11.6 Å². The maximum atomic E-state index is 12.0. The molecule has 0 unspecified atom stereocenters. The second-order valence-electron chi connectivity index (χ2n) is 4.61. The number of amides is 1. The summed E-state index contributed by atoms with van der Waals surface area (Å²) in [6.45, 7) is 3.93. The summed E-state index contributed by atoms with van der Waals surface area (Å²) in [7, 11) is 1.53. The van der Waals surface area contributed by atoms with Crippen LogP contribution in [0.4, 0.5) is 11.4 Å². The molecule has 106 valence electrons. The van der Waals surface area contributed by atoms with Gasteiger partial charge in [-0.2, -0.15) is 0 Å². The topological polar surface area (TPSA) is 106 Å². The molecular formula is C13H17N5O2. The van der Waals surface area contributed by atoms with Gasteiger partial charge in [-0.25, -0.2) is 4.98 Å². The zero-order chi connectivity index (χ0) is 14.7. The molecule has 1 aromatic carbocycles. The minimum absolute atomic E-state index is 0.100. The molecule has 1 amide bonds. The van der Waals surface area contributed by atoms with Crippen LogP contribution in [0.5, 0.6) is 5.75 Å². The molecule has 20 heavy (non-hydrogen) atoms. The van der Waals surface area contributed by atoms with Crippen molar-refractivity contribution in [2.24, 2.45) is 0 Å². The van der Waals surface area contributed by atoms with Crippen molar-refractivity contribution in [3.8, 4) is 5.75 Å². The lowest BCUT2D eigenvalue weighted by Crippen LogP contribution is -2.14. The molecule has 0 spiro atoms. The Labute approximate surface area is 116 Å². The van der Waals surface area contributed by atoms with Crippen LogP contribution in [-0.2, 0) is 0 Å². The average molecular weight is 275 g/mol. The summed E-state index contributed by atoms with van der Waals surface area (Å²) in [5.74, 6) is 1.12. The molecule has 0 aliphatic heterocycles. The van der Waals surface area contributed by atoms with Crippen LogP contribution in [0.15, 0.2) is 18.2 Å². The third-order valence-corrected chi connectivity index (χ3v) is 2.74. The Morgan fingerprint density at radius 1 is 1.45 bits per heavy atom. The first-order valence-electron chi connectivity index (χ1n) is 6.18. The van der Waals surface area contributed by atoms with E-state index in [0.717, 1.165) is 0 Å². The summed E-state index contributed by atoms with van der Waals surface area (Å²) in [4.78, 5) is 16.1. The molecule has 2 aromatic rings. The highest BCUT2D eigenvalue weighted by atomic mass is 16.5. The molecule has 2 rings (SSSR count). The number of nitrogen functional groups attached to an aromatic ring is 1. The fourth-order valence-corrected chi connectivity index (χ4v) is 1.63. The van der Waals surface area contributed by atoms with E-state index in [0.29, 0.717) is 22.9 Å². The number of carbonyl (C=O) groups is 1. The fourth-order valence-electron chi connectivity index (χ4n) is 1.63. The molecule has 0 saturated carbocycles. The lowest BCUT2D eigenvalue weighted by Gasteiger charge is -2.07. The number of aromatic amines is 1. The first-order valence-corrected chi connectivity index (χ1v) is 6.18. The number of nitrogens with one attached hydrogen (secondary N) is 2. The maximum Gasteiger partial charge on any atom is 0.295 e. The predicted molar refractivity (Wildman–Crippen MR) is 75.8 cm³/mol. The lowest BCUT2D eigenvalue weighted by molar-refractivity contribution is 0.101. The van der Waals surface area contributed by atoms with Crippen LogP contribution in [0.1, 0.15) is 36.2 Å². The largest absolute Gasteiger partial charge is 0.495 e. The zero-order valence-corrected chi connectivity index (χ0v) is 11.6. The summed E-state index contributed by atoms with van der Waals surface area (Å²) >= 11 is 0. The van der Waals surface area contributed by atoms with Gasteiger partial charge >= 0.3 is 0 Å². The maximum absolute atomic E-state index is 12.0. The van der Waals surface area contributed by atoms with E-state index in [2.05, 4.69) is 20.5 Å². The highest BCUT2D eigenvalue weighted by Gasteiger charge is 2.14. The van der Waals surface area contributed by atoms with E-state index in [1.54, 1.807) is 18.2 Å². The van der Waals surface area contributed by atoms with Gasteiger partial charge in [0.2, 0.25) is 5.82 Å². The van der Waals surface area contributed by atoms with Crippen molar-refractivity contribution < 1.29 is 9.53 Å². The van der Waals surface area contributed by atoms with Gasteiger partial charge in [0.1, 0.15) is 11.6 Å². The van der Waals surface area contributed by atoms with Gasteiger partial charge in [-0.3, -0.25) is 9.89 Å². The Balaban J connectivity index is 2.12. The molecule has 0 aliphatic rings. The Morgan fingerprint density at radius 2 is 2.20 bits per heavy atom. The molecule has 1 aromatic heterocycles. The van der Waals surface area contributed by atoms with Crippen molar-refractivity contribution in [2.45, 2.75) is 19.8 Å². The van der Waals surface area contributed by atoms with E-state index in [1.807, 2.05) is 13.8 Å². The number of anilines is 2. The van der Waals surface area contributed by atoms with Gasteiger partial charge in [0.15, 0.2) is 0 Å². The Hall–Kier alpha value is -2.57. The number of methoxy groups -OCH3 is 1. The molecule has 0 bridgehead atoms. The highest BCUT2D eigenvalue weighted by Crippen LogP contribution is 2.24. The molecule has 0 atom stereocenters. The minimum Gasteiger partial charge on any atom is -0.495 e. The summed E-state index contributed by atoms with van der Waals surface area (Å²) in [5, 5.41) is 9.30. The number of nitrogens with two attached hydrogens (primary N) is 1. The Bertz CT molecular complexity index is 621. The van der Waals surface area contributed by atoms with E-state index in [-0.39, 0.29) is 11.7 Å². The number of rotatable bonds is 4. The van der Waals surface area contributed by atoms with Gasteiger partial charge in [-0.05, 0) is 18.2 Å². The van der Waals surface area contributed by atoms with Crippen LogP contribution >= 0.6 is 0 Å². The van der Waals surface area contributed by atoms with Gasteiger partial charge < -0.3 is 15.8 Å². The highest BCUT2D eigenvalue weighted by molar-refractivity contribution is 6.01. The van der Waals surface area contributed by atoms with Crippen molar-refractivity contribution in [2.75, 3.05) is 18.2 Å². The Kier molecular flexibility index (Phi) is 3.88. The number of carbonyl (C=O) groups excluding carboxylic acids is 1. The standard InChI is InChI=1S/C13H17N5O2/c1-7(2)11-16-12(18-17-11)13(19)15-8-4-5-10(20-3)9(14)6-8/h4-7H,14H2,1-3H3,(H,15,19)(H,16,17,18). The van der Waals surface area contributed by atoms with Crippen molar-refractivity contribution in [3.05, 3.63) is 29.8 Å². The third-order valence-electron chi connectivity index (χ3n) is 2.74. The third kappa shape index (κ3) is 2.87. The number of nitrogens with zero attached hydrogens (tertiary/aromatic N) is 2. The fraction of sp³-hybridized carbons (Fsp3) is 0.308. The van der Waals surface area contributed by atoms with Crippen LogP contribution in [0.2, 0.25) is 0 Å². The molecule has 0 aliphatic carbocycles.